The van der Waals surface area contributed by atoms with Crippen molar-refractivity contribution in [2.75, 3.05) is 20.6 Å². The predicted octanol–water partition coefficient (Wildman–Crippen LogP) is 1.71. The van der Waals surface area contributed by atoms with E-state index in [0.29, 0.717) is 11.1 Å². The second-order valence-corrected chi connectivity index (χ2v) is 9.86. The van der Waals surface area contributed by atoms with Gasteiger partial charge in [-0.15, -0.1) is 0 Å². The molecule has 0 aliphatic carbocycles. The van der Waals surface area contributed by atoms with Crippen molar-refractivity contribution in [3.05, 3.63) is 65.0 Å². The van der Waals surface area contributed by atoms with E-state index in [1.807, 2.05) is 20.8 Å². The van der Waals surface area contributed by atoms with Gasteiger partial charge in [0.25, 0.3) is 0 Å². The molecular formula is C26H35FN4O4. The minimum atomic E-state index is -0.948. The molecule has 0 aliphatic rings. The number of primary amides is 1. The average Bonchev–Trinajstić information content (AvgIpc) is 2.77. The Bertz CT molecular complexity index is 1070. The zero-order valence-electron chi connectivity index (χ0n) is 20.9. The summed E-state index contributed by atoms with van der Waals surface area (Å²) in [6, 6.07) is 8.86. The van der Waals surface area contributed by atoms with E-state index in [1.54, 1.807) is 30.3 Å². The summed E-state index contributed by atoms with van der Waals surface area (Å²) in [5.41, 5.74) is 13.4. The van der Waals surface area contributed by atoms with Crippen LogP contribution in [-0.2, 0) is 32.6 Å². The lowest BCUT2D eigenvalue weighted by atomic mass is 9.84. The second kappa shape index (κ2) is 11.3. The summed E-state index contributed by atoms with van der Waals surface area (Å²) < 4.78 is 13.1. The molecule has 0 spiro atoms. The van der Waals surface area contributed by atoms with Crippen LogP contribution in [-0.4, -0.2) is 65.4 Å². The molecular weight excluding hydrogens is 451 g/mol. The van der Waals surface area contributed by atoms with Crippen LogP contribution in [0.2, 0.25) is 0 Å². The fourth-order valence-electron chi connectivity index (χ4n) is 3.77. The summed E-state index contributed by atoms with van der Waals surface area (Å²) in [7, 11) is 2.91. The van der Waals surface area contributed by atoms with E-state index in [2.05, 4.69) is 0 Å². The van der Waals surface area contributed by atoms with Gasteiger partial charge in [0.1, 0.15) is 17.6 Å². The SMILES string of the molecule is CN(CC(=O)N(C)[C@@H](Cc1ccc(O)c(C(C)(C)C)c1)C(N)=O)C(=O)[C@@H](N)Cc1ccc(F)cc1. The van der Waals surface area contributed by atoms with Crippen molar-refractivity contribution in [3.8, 4) is 5.75 Å². The maximum Gasteiger partial charge on any atom is 0.242 e. The Morgan fingerprint density at radius 3 is 2.11 bits per heavy atom. The molecule has 9 heteroatoms. The van der Waals surface area contributed by atoms with Gasteiger partial charge in [0.2, 0.25) is 17.7 Å². The molecule has 190 valence electrons. The number of nitrogens with two attached hydrogens (primary N) is 2. The van der Waals surface area contributed by atoms with Crippen molar-refractivity contribution in [2.24, 2.45) is 11.5 Å². The van der Waals surface area contributed by atoms with Gasteiger partial charge in [0.15, 0.2) is 0 Å². The van der Waals surface area contributed by atoms with Crippen molar-refractivity contribution in [1.82, 2.24) is 9.80 Å². The molecule has 2 aromatic carbocycles. The molecule has 0 bridgehead atoms. The van der Waals surface area contributed by atoms with Crippen LogP contribution in [0.15, 0.2) is 42.5 Å². The van der Waals surface area contributed by atoms with Crippen molar-refractivity contribution in [3.63, 3.8) is 0 Å². The number of halogens is 1. The maximum atomic E-state index is 13.1. The second-order valence-electron chi connectivity index (χ2n) is 9.86. The first kappa shape index (κ1) is 27.8. The minimum absolute atomic E-state index is 0.151. The highest BCUT2D eigenvalue weighted by Crippen LogP contribution is 2.31. The summed E-state index contributed by atoms with van der Waals surface area (Å²) in [5.74, 6) is -1.86. The zero-order valence-corrected chi connectivity index (χ0v) is 20.9. The summed E-state index contributed by atoms with van der Waals surface area (Å²) >= 11 is 0. The third-order valence-electron chi connectivity index (χ3n) is 5.92. The van der Waals surface area contributed by atoms with Crippen LogP contribution in [0.4, 0.5) is 4.39 Å². The van der Waals surface area contributed by atoms with Gasteiger partial charge in [0.05, 0.1) is 12.6 Å². The van der Waals surface area contributed by atoms with E-state index in [0.717, 1.165) is 5.56 Å². The Morgan fingerprint density at radius 2 is 1.57 bits per heavy atom. The molecule has 8 nitrogen and oxygen atoms in total. The van der Waals surface area contributed by atoms with Crippen molar-refractivity contribution >= 4 is 17.7 Å². The monoisotopic (exact) mass is 486 g/mol. The molecule has 35 heavy (non-hydrogen) atoms. The van der Waals surface area contributed by atoms with Crippen molar-refractivity contribution < 1.29 is 23.9 Å². The van der Waals surface area contributed by atoms with Crippen molar-refractivity contribution in [1.29, 1.82) is 0 Å². The summed E-state index contributed by atoms with van der Waals surface area (Å²) in [6.45, 7) is 5.58. The number of phenolic OH excluding ortho intramolecular Hbond substituents is 1. The zero-order chi connectivity index (χ0) is 26.5. The number of nitrogens with zero attached hydrogens (tertiary/aromatic N) is 2. The van der Waals surface area contributed by atoms with Gasteiger partial charge < -0.3 is 26.4 Å². The van der Waals surface area contributed by atoms with Gasteiger partial charge in [-0.05, 0) is 46.7 Å². The molecule has 5 N–H and O–H groups in total. The van der Waals surface area contributed by atoms with Crippen LogP contribution in [0.3, 0.4) is 0 Å². The molecule has 3 amide bonds. The molecule has 0 aromatic heterocycles. The first-order chi connectivity index (χ1) is 16.2. The smallest absolute Gasteiger partial charge is 0.242 e. The lowest BCUT2D eigenvalue weighted by molar-refractivity contribution is -0.142. The molecule has 0 heterocycles. The van der Waals surface area contributed by atoms with Gasteiger partial charge in [-0.2, -0.15) is 0 Å². The van der Waals surface area contributed by atoms with Gasteiger partial charge in [0, 0.05) is 20.5 Å². The predicted molar refractivity (Wildman–Crippen MR) is 132 cm³/mol. The number of carbonyl (C=O) groups is 3. The average molecular weight is 487 g/mol. The summed E-state index contributed by atoms with van der Waals surface area (Å²) in [5, 5.41) is 10.2. The number of hydrogen-bond acceptors (Lipinski definition) is 5. The number of aromatic hydroxyl groups is 1. The fraction of sp³-hybridized carbons (Fsp3) is 0.423. The Labute approximate surface area is 205 Å². The number of amides is 3. The Hall–Kier alpha value is -3.46. The molecule has 0 aliphatic heterocycles. The van der Waals surface area contributed by atoms with Crippen LogP contribution < -0.4 is 11.5 Å². The van der Waals surface area contributed by atoms with E-state index < -0.39 is 29.8 Å². The van der Waals surface area contributed by atoms with E-state index in [4.69, 9.17) is 11.5 Å². The first-order valence-electron chi connectivity index (χ1n) is 11.3. The van der Waals surface area contributed by atoms with Crippen molar-refractivity contribution in [2.45, 2.75) is 51.1 Å². The Kier molecular flexibility index (Phi) is 8.98. The maximum absolute atomic E-state index is 13.1. The van der Waals surface area contributed by atoms with Gasteiger partial charge in [-0.3, -0.25) is 14.4 Å². The minimum Gasteiger partial charge on any atom is -0.508 e. The Balaban J connectivity index is 2.07. The molecule has 0 saturated heterocycles. The quantitative estimate of drug-likeness (QED) is 0.497. The summed E-state index contributed by atoms with van der Waals surface area (Å²) in [6.07, 6.45) is 0.344. The molecule has 0 unspecified atom stereocenters. The lowest BCUT2D eigenvalue weighted by Crippen LogP contribution is -2.52. The topological polar surface area (TPSA) is 130 Å². The third-order valence-corrected chi connectivity index (χ3v) is 5.92. The number of phenols is 1. The highest BCUT2D eigenvalue weighted by Gasteiger charge is 2.29. The van der Waals surface area contributed by atoms with E-state index in [1.165, 1.54) is 36.0 Å². The van der Waals surface area contributed by atoms with Crippen LogP contribution >= 0.6 is 0 Å². The van der Waals surface area contributed by atoms with Crippen LogP contribution in [0, 0.1) is 5.82 Å². The standard InChI is InChI=1S/C26H35FN4O4/c1-26(2,3)19-12-17(8-11-22(19)32)14-21(24(29)34)31(5)23(33)15-30(4)25(35)20(28)13-16-6-9-18(27)10-7-16/h6-12,20-21,32H,13-15,28H2,1-5H3,(H2,29,34)/t20-,21-/m0/s1. The number of rotatable bonds is 9. The van der Waals surface area contributed by atoms with Gasteiger partial charge >= 0.3 is 0 Å². The van der Waals surface area contributed by atoms with E-state index in [-0.39, 0.29) is 36.4 Å². The normalized spacial score (nSPS) is 13.1. The van der Waals surface area contributed by atoms with Gasteiger partial charge in [-0.25, -0.2) is 4.39 Å². The number of carbonyl (C=O) groups excluding carboxylic acids is 3. The number of likely N-dealkylation sites (N-methyl/N-ethyl adjacent to an activating group) is 2. The fourth-order valence-corrected chi connectivity index (χ4v) is 3.77. The van der Waals surface area contributed by atoms with E-state index in [9.17, 15) is 23.9 Å². The molecule has 0 saturated carbocycles. The largest absolute Gasteiger partial charge is 0.508 e. The number of hydrogen-bond donors (Lipinski definition) is 3. The molecule has 2 rings (SSSR count). The highest BCUT2D eigenvalue weighted by atomic mass is 19.1. The molecule has 2 atom stereocenters. The summed E-state index contributed by atoms with van der Waals surface area (Å²) in [4.78, 5) is 40.2. The first-order valence-corrected chi connectivity index (χ1v) is 11.3. The Morgan fingerprint density at radius 1 is 1.00 bits per heavy atom. The van der Waals surface area contributed by atoms with E-state index >= 15 is 0 Å². The lowest BCUT2D eigenvalue weighted by Gasteiger charge is -2.29. The third kappa shape index (κ3) is 7.51. The number of benzene rings is 2. The molecule has 2 aromatic rings. The van der Waals surface area contributed by atoms with Gasteiger partial charge in [-0.1, -0.05) is 45.0 Å². The highest BCUT2D eigenvalue weighted by molar-refractivity contribution is 5.90. The molecule has 0 fully saturated rings. The van der Waals surface area contributed by atoms with Crippen LogP contribution in [0.25, 0.3) is 0 Å². The molecule has 0 radical (unpaired) electrons. The van der Waals surface area contributed by atoms with Crippen LogP contribution in [0.5, 0.6) is 5.75 Å². The van der Waals surface area contributed by atoms with Crippen LogP contribution in [0.1, 0.15) is 37.5 Å².